The van der Waals surface area contributed by atoms with Crippen LogP contribution in [0.4, 0.5) is 26.7 Å². The number of aryl methyl sites for hydroxylation is 1. The quantitative estimate of drug-likeness (QED) is 0.254. The molecule has 1 aromatic heterocycles. The summed E-state index contributed by atoms with van der Waals surface area (Å²) < 4.78 is 72.8. The van der Waals surface area contributed by atoms with Crippen molar-refractivity contribution in [3.05, 3.63) is 94.0 Å². The lowest BCUT2D eigenvalue weighted by molar-refractivity contribution is -0.253. The average molecular weight is 594 g/mol. The molecule has 2 bridgehead atoms. The molecule has 5 nitrogen and oxygen atoms in total. The first-order valence-electron chi connectivity index (χ1n) is 13.4. The number of pyridine rings is 1. The van der Waals surface area contributed by atoms with Gasteiger partial charge in [0.25, 0.3) is 0 Å². The van der Waals surface area contributed by atoms with Gasteiger partial charge in [-0.15, -0.1) is 0 Å². The van der Waals surface area contributed by atoms with Crippen molar-refractivity contribution in [2.24, 2.45) is 11.8 Å². The molecular weight excluding hydrogens is 565 g/mol. The van der Waals surface area contributed by atoms with Gasteiger partial charge in [-0.2, -0.15) is 17.6 Å². The summed E-state index contributed by atoms with van der Waals surface area (Å²) in [6, 6.07) is 12.4. The van der Waals surface area contributed by atoms with Crippen molar-refractivity contribution in [3.63, 3.8) is 0 Å². The van der Waals surface area contributed by atoms with E-state index in [2.05, 4.69) is 20.4 Å². The number of alkyl halides is 4. The topological polar surface area (TPSA) is 63.2 Å². The summed E-state index contributed by atoms with van der Waals surface area (Å²) in [6.45, 7) is 1.90. The standard InChI is InChI=1S/C30H29ClF5N3O2/c1-17-2-4-18(5-3-17)15-29(26-9-8-22(31)16-37-26,39-28(40)38-25-11-19-6-7-20(25)10-19)21-12-23(32)14-24(13-21)41-30(35,36)27(33)34/h2-5,8-9,12-14,16,19-20,25,27H,6-7,10-11,15H2,1H3,(H2,38,39,40). The number of hydrogen-bond donors (Lipinski definition) is 2. The molecule has 2 fully saturated rings. The molecule has 4 atom stereocenters. The molecule has 5 rings (SSSR count). The number of carbonyl (C=O) groups is 1. The number of fused-ring (bicyclic) bond motifs is 2. The Labute approximate surface area is 239 Å². The molecule has 2 aliphatic rings. The Morgan fingerprint density at radius 1 is 1.10 bits per heavy atom. The summed E-state index contributed by atoms with van der Waals surface area (Å²) in [5.41, 5.74) is 0.236. The van der Waals surface area contributed by atoms with Crippen LogP contribution < -0.4 is 15.4 Å². The van der Waals surface area contributed by atoms with Gasteiger partial charge in [0.1, 0.15) is 17.1 Å². The molecule has 4 unspecified atom stereocenters. The molecule has 0 spiro atoms. The largest absolute Gasteiger partial charge is 0.461 e. The Kier molecular flexibility index (Phi) is 8.14. The van der Waals surface area contributed by atoms with E-state index in [1.54, 1.807) is 0 Å². The Morgan fingerprint density at radius 3 is 2.46 bits per heavy atom. The van der Waals surface area contributed by atoms with Crippen LogP contribution in [-0.2, 0) is 12.0 Å². The summed E-state index contributed by atoms with van der Waals surface area (Å²) in [5.74, 6) is -0.945. The smallest absolute Gasteiger partial charge is 0.428 e. The molecule has 2 amide bonds. The van der Waals surface area contributed by atoms with E-state index >= 15 is 0 Å². The van der Waals surface area contributed by atoms with E-state index in [1.807, 2.05) is 31.2 Å². The van der Waals surface area contributed by atoms with E-state index < -0.39 is 35.7 Å². The number of hydrogen-bond acceptors (Lipinski definition) is 3. The van der Waals surface area contributed by atoms with Crippen molar-refractivity contribution >= 4 is 17.6 Å². The number of urea groups is 1. The maximum absolute atomic E-state index is 15.0. The number of benzene rings is 2. The maximum Gasteiger partial charge on any atom is 0.461 e. The van der Waals surface area contributed by atoms with Crippen LogP contribution >= 0.6 is 11.6 Å². The summed E-state index contributed by atoms with van der Waals surface area (Å²) in [6.07, 6.45) is -3.61. The number of carbonyl (C=O) groups excluding carboxylic acids is 1. The van der Waals surface area contributed by atoms with Crippen molar-refractivity contribution in [3.8, 4) is 5.75 Å². The fourth-order valence-corrected chi connectivity index (χ4v) is 6.16. The number of amides is 2. The Hall–Kier alpha value is -3.40. The van der Waals surface area contributed by atoms with Crippen LogP contribution in [-0.4, -0.2) is 29.6 Å². The number of rotatable bonds is 9. The lowest BCUT2D eigenvalue weighted by Crippen LogP contribution is -2.55. The zero-order valence-corrected chi connectivity index (χ0v) is 22.9. The predicted octanol–water partition coefficient (Wildman–Crippen LogP) is 7.39. The molecule has 3 aromatic rings. The number of halogens is 6. The molecule has 11 heteroatoms. The van der Waals surface area contributed by atoms with Gasteiger partial charge in [0.2, 0.25) is 0 Å². The molecular formula is C30H29ClF5N3O2. The van der Waals surface area contributed by atoms with Crippen LogP contribution in [0.5, 0.6) is 5.75 Å². The van der Waals surface area contributed by atoms with Crippen molar-refractivity contribution in [2.75, 3.05) is 0 Å². The zero-order chi connectivity index (χ0) is 29.4. The van der Waals surface area contributed by atoms with Crippen LogP contribution in [0, 0.1) is 24.6 Å². The maximum atomic E-state index is 15.0. The summed E-state index contributed by atoms with van der Waals surface area (Å²) in [5, 5.41) is 6.30. The van der Waals surface area contributed by atoms with Crippen LogP contribution in [0.3, 0.4) is 0 Å². The normalized spacial score (nSPS) is 21.5. The second kappa shape index (κ2) is 11.5. The van der Waals surface area contributed by atoms with Gasteiger partial charge in [-0.3, -0.25) is 4.98 Å². The Morgan fingerprint density at radius 2 is 1.85 bits per heavy atom. The first kappa shape index (κ1) is 29.1. The number of nitrogens with one attached hydrogen (secondary N) is 2. The third-order valence-electron chi connectivity index (χ3n) is 8.01. The van der Waals surface area contributed by atoms with Gasteiger partial charge in [0.15, 0.2) is 0 Å². The molecule has 0 radical (unpaired) electrons. The van der Waals surface area contributed by atoms with Crippen LogP contribution in [0.2, 0.25) is 5.02 Å². The highest BCUT2D eigenvalue weighted by molar-refractivity contribution is 6.30. The van der Waals surface area contributed by atoms with E-state index in [1.165, 1.54) is 18.3 Å². The highest BCUT2D eigenvalue weighted by Crippen LogP contribution is 2.44. The third kappa shape index (κ3) is 6.42. The first-order chi connectivity index (χ1) is 19.4. The molecule has 0 saturated heterocycles. The Bertz CT molecular complexity index is 1390. The van der Waals surface area contributed by atoms with Gasteiger partial charge in [-0.25, -0.2) is 9.18 Å². The van der Waals surface area contributed by atoms with Gasteiger partial charge in [-0.1, -0.05) is 47.9 Å². The minimum absolute atomic E-state index is 0.0141. The van der Waals surface area contributed by atoms with Gasteiger partial charge in [0, 0.05) is 24.7 Å². The van der Waals surface area contributed by atoms with Gasteiger partial charge in [0.05, 0.1) is 10.7 Å². The summed E-state index contributed by atoms with van der Waals surface area (Å²) >= 11 is 6.10. The van der Waals surface area contributed by atoms with Crippen molar-refractivity contribution in [2.45, 2.75) is 63.1 Å². The predicted molar refractivity (Wildman–Crippen MR) is 144 cm³/mol. The van der Waals surface area contributed by atoms with E-state index in [-0.39, 0.29) is 23.7 Å². The van der Waals surface area contributed by atoms with Gasteiger partial charge in [-0.05, 0) is 73.4 Å². The molecule has 2 aliphatic carbocycles. The molecule has 41 heavy (non-hydrogen) atoms. The first-order valence-corrected chi connectivity index (χ1v) is 13.7. The fourth-order valence-electron chi connectivity index (χ4n) is 6.05. The minimum atomic E-state index is -4.87. The van der Waals surface area contributed by atoms with E-state index in [0.29, 0.717) is 28.5 Å². The highest BCUT2D eigenvalue weighted by atomic mass is 35.5. The highest BCUT2D eigenvalue weighted by Gasteiger charge is 2.46. The van der Waals surface area contributed by atoms with E-state index in [4.69, 9.17) is 11.6 Å². The molecule has 218 valence electrons. The zero-order valence-electron chi connectivity index (χ0n) is 22.1. The monoisotopic (exact) mass is 593 g/mol. The number of ether oxygens (including phenoxy) is 1. The second-order valence-electron chi connectivity index (χ2n) is 10.9. The summed E-state index contributed by atoms with van der Waals surface area (Å²) in [7, 11) is 0. The molecule has 0 aliphatic heterocycles. The minimum Gasteiger partial charge on any atom is -0.428 e. The second-order valence-corrected chi connectivity index (χ2v) is 11.4. The van der Waals surface area contributed by atoms with E-state index in [9.17, 15) is 26.7 Å². The summed E-state index contributed by atoms with van der Waals surface area (Å²) in [4.78, 5) is 18.0. The molecule has 2 N–H and O–H groups in total. The van der Waals surface area contributed by atoms with Gasteiger partial charge >= 0.3 is 18.6 Å². The number of aromatic nitrogens is 1. The van der Waals surface area contributed by atoms with E-state index in [0.717, 1.165) is 43.4 Å². The van der Waals surface area contributed by atoms with Crippen molar-refractivity contribution in [1.82, 2.24) is 15.6 Å². The molecule has 2 aromatic carbocycles. The molecule has 1 heterocycles. The van der Waals surface area contributed by atoms with Crippen LogP contribution in [0.1, 0.15) is 48.1 Å². The fraction of sp³-hybridized carbons (Fsp3) is 0.400. The van der Waals surface area contributed by atoms with Crippen LogP contribution in [0.15, 0.2) is 60.8 Å². The molecule has 2 saturated carbocycles. The van der Waals surface area contributed by atoms with Gasteiger partial charge < -0.3 is 15.4 Å². The average Bonchev–Trinajstić information content (AvgIpc) is 3.53. The SMILES string of the molecule is Cc1ccc(CC(NC(=O)NC2CC3CCC2C3)(c2cc(F)cc(OC(F)(F)C(F)F)c2)c2ccc(Cl)cn2)cc1. The lowest BCUT2D eigenvalue weighted by atomic mass is 9.80. The van der Waals surface area contributed by atoms with Crippen molar-refractivity contribution in [1.29, 1.82) is 0 Å². The van der Waals surface area contributed by atoms with Crippen LogP contribution in [0.25, 0.3) is 0 Å². The number of nitrogens with zero attached hydrogens (tertiary/aromatic N) is 1. The van der Waals surface area contributed by atoms with Crippen molar-refractivity contribution < 1.29 is 31.5 Å². The Balaban J connectivity index is 1.61. The lowest BCUT2D eigenvalue weighted by Gasteiger charge is -2.36. The third-order valence-corrected chi connectivity index (χ3v) is 8.23.